The molecule has 6 rings (SSSR count). The molecule has 1 saturated carbocycles. The van der Waals surface area contributed by atoms with E-state index in [9.17, 15) is 10.2 Å². The predicted octanol–water partition coefficient (Wildman–Crippen LogP) is 6.69. The van der Waals surface area contributed by atoms with Crippen LogP contribution < -0.4 is 0 Å². The van der Waals surface area contributed by atoms with E-state index < -0.39 is 29.2 Å². The molecule has 4 heteroatoms. The van der Waals surface area contributed by atoms with Crippen molar-refractivity contribution in [1.82, 2.24) is 0 Å². The summed E-state index contributed by atoms with van der Waals surface area (Å²) in [4.78, 5) is 0. The lowest BCUT2D eigenvalue weighted by molar-refractivity contribution is -0.204. The summed E-state index contributed by atoms with van der Waals surface area (Å²) in [5, 5.41) is 25.9. The van der Waals surface area contributed by atoms with Crippen LogP contribution in [-0.4, -0.2) is 28.2 Å². The molecule has 0 bridgehead atoms. The smallest absolute Gasteiger partial charge is 0.169 e. The zero-order valence-electron chi connectivity index (χ0n) is 22.2. The van der Waals surface area contributed by atoms with Crippen LogP contribution in [0.15, 0.2) is 121 Å². The van der Waals surface area contributed by atoms with E-state index in [0.717, 1.165) is 38.5 Å². The van der Waals surface area contributed by atoms with Gasteiger partial charge in [0.15, 0.2) is 5.79 Å². The molecule has 1 saturated heterocycles. The van der Waals surface area contributed by atoms with Gasteiger partial charge in [0, 0.05) is 12.8 Å². The van der Waals surface area contributed by atoms with Gasteiger partial charge in [-0.3, -0.25) is 0 Å². The highest BCUT2D eigenvalue weighted by Gasteiger charge is 2.63. The van der Waals surface area contributed by atoms with Gasteiger partial charge in [0.1, 0.15) is 23.4 Å². The monoisotopic (exact) mass is 520 g/mol. The van der Waals surface area contributed by atoms with Gasteiger partial charge in [0.05, 0.1) is 0 Å². The molecule has 0 amide bonds. The van der Waals surface area contributed by atoms with E-state index in [1.165, 1.54) is 0 Å². The Morgan fingerprint density at radius 1 is 0.462 bits per heavy atom. The molecule has 4 aromatic carbocycles. The molecule has 1 spiro atoms. The summed E-state index contributed by atoms with van der Waals surface area (Å²) in [6.45, 7) is 0. The summed E-state index contributed by atoms with van der Waals surface area (Å²) in [6, 6.07) is 38.6. The van der Waals surface area contributed by atoms with Gasteiger partial charge in [0.2, 0.25) is 0 Å². The van der Waals surface area contributed by atoms with Crippen LogP contribution in [0.3, 0.4) is 0 Å². The number of aliphatic hydroxyl groups is 2. The van der Waals surface area contributed by atoms with E-state index >= 15 is 0 Å². The first kappa shape index (κ1) is 26.0. The fraction of sp³-hybridized carbons (Fsp3) is 0.314. The lowest BCUT2D eigenvalue weighted by Gasteiger charge is -2.42. The third kappa shape index (κ3) is 4.62. The minimum Gasteiger partial charge on any atom is -0.378 e. The molecular weight excluding hydrogens is 484 g/mol. The van der Waals surface area contributed by atoms with Gasteiger partial charge in [-0.2, -0.15) is 0 Å². The molecule has 4 aromatic rings. The second-order valence-electron chi connectivity index (χ2n) is 10.9. The van der Waals surface area contributed by atoms with Crippen molar-refractivity contribution in [2.75, 3.05) is 0 Å². The Balaban J connectivity index is 1.59. The number of hydrogen-bond acceptors (Lipinski definition) is 4. The van der Waals surface area contributed by atoms with Crippen LogP contribution in [0.5, 0.6) is 0 Å². The fourth-order valence-electron chi connectivity index (χ4n) is 6.49. The van der Waals surface area contributed by atoms with Gasteiger partial charge in [-0.25, -0.2) is 0 Å². The highest BCUT2D eigenvalue weighted by molar-refractivity contribution is 5.43. The number of benzene rings is 4. The van der Waals surface area contributed by atoms with Gasteiger partial charge in [-0.05, 0) is 35.1 Å². The van der Waals surface area contributed by atoms with Crippen LogP contribution in [-0.2, 0) is 20.7 Å². The van der Waals surface area contributed by atoms with E-state index in [4.69, 9.17) is 9.47 Å². The summed E-state index contributed by atoms with van der Waals surface area (Å²) < 4.78 is 14.0. The maximum atomic E-state index is 12.9. The van der Waals surface area contributed by atoms with E-state index in [1.807, 2.05) is 121 Å². The van der Waals surface area contributed by atoms with Crippen molar-refractivity contribution in [2.24, 2.45) is 0 Å². The first-order chi connectivity index (χ1) is 19.1. The van der Waals surface area contributed by atoms with Gasteiger partial charge < -0.3 is 19.7 Å². The zero-order chi connectivity index (χ0) is 26.8. The average molecular weight is 521 g/mol. The van der Waals surface area contributed by atoms with Gasteiger partial charge in [0.25, 0.3) is 0 Å². The van der Waals surface area contributed by atoms with E-state index in [1.54, 1.807) is 0 Å². The average Bonchev–Trinajstić information content (AvgIpc) is 3.25. The van der Waals surface area contributed by atoms with Gasteiger partial charge in [-0.15, -0.1) is 0 Å². The lowest BCUT2D eigenvalue weighted by Crippen LogP contribution is -2.54. The van der Waals surface area contributed by atoms with Crippen molar-refractivity contribution in [3.05, 3.63) is 144 Å². The second kappa shape index (κ2) is 10.7. The Bertz CT molecular complexity index is 1150. The van der Waals surface area contributed by atoms with Crippen molar-refractivity contribution in [3.8, 4) is 0 Å². The largest absolute Gasteiger partial charge is 0.378 e. The summed E-state index contributed by atoms with van der Waals surface area (Å²) in [7, 11) is 0. The maximum Gasteiger partial charge on any atom is 0.169 e. The molecule has 0 radical (unpaired) electrons. The third-order valence-electron chi connectivity index (χ3n) is 8.50. The minimum atomic E-state index is -1.58. The SMILES string of the molecule is OC(c1ccccc1)(c1ccccc1)[C@H]1OC2(CCCCCC2)O[C@@H]1C(O)(c1ccccc1)c1ccccc1. The van der Waals surface area contributed by atoms with Gasteiger partial charge in [-0.1, -0.05) is 134 Å². The molecule has 2 N–H and O–H groups in total. The Labute approximate surface area is 230 Å². The third-order valence-corrected chi connectivity index (χ3v) is 8.50. The zero-order valence-corrected chi connectivity index (χ0v) is 22.2. The van der Waals surface area contributed by atoms with E-state index in [-0.39, 0.29) is 0 Å². The first-order valence-corrected chi connectivity index (χ1v) is 14.1. The highest BCUT2D eigenvalue weighted by atomic mass is 16.8. The predicted molar refractivity (Wildman–Crippen MR) is 152 cm³/mol. The second-order valence-corrected chi connectivity index (χ2v) is 10.9. The Morgan fingerprint density at radius 3 is 1.03 bits per heavy atom. The van der Waals surface area contributed by atoms with Crippen molar-refractivity contribution < 1.29 is 19.7 Å². The van der Waals surface area contributed by atoms with Crippen molar-refractivity contribution in [1.29, 1.82) is 0 Å². The van der Waals surface area contributed by atoms with E-state index in [2.05, 4.69) is 0 Å². The maximum absolute atomic E-state index is 12.9. The van der Waals surface area contributed by atoms with Crippen molar-refractivity contribution >= 4 is 0 Å². The Hall–Kier alpha value is -3.28. The minimum absolute atomic E-state index is 0.698. The molecule has 2 aliphatic rings. The van der Waals surface area contributed by atoms with Crippen LogP contribution in [0.25, 0.3) is 0 Å². The quantitative estimate of drug-likeness (QED) is 0.297. The van der Waals surface area contributed by atoms with Crippen LogP contribution in [0.1, 0.15) is 60.8 Å². The van der Waals surface area contributed by atoms with Crippen LogP contribution >= 0.6 is 0 Å². The van der Waals surface area contributed by atoms with Gasteiger partial charge >= 0.3 is 0 Å². The Kier molecular flexibility index (Phi) is 7.13. The first-order valence-electron chi connectivity index (χ1n) is 14.1. The lowest BCUT2D eigenvalue weighted by atomic mass is 9.72. The highest BCUT2D eigenvalue weighted by Crippen LogP contribution is 2.53. The molecule has 200 valence electrons. The van der Waals surface area contributed by atoms with Crippen molar-refractivity contribution in [2.45, 2.75) is 67.7 Å². The molecule has 1 aliphatic carbocycles. The van der Waals surface area contributed by atoms with Crippen LogP contribution in [0.2, 0.25) is 0 Å². The molecular formula is C35H36O4. The molecule has 0 aromatic heterocycles. The molecule has 0 unspecified atom stereocenters. The molecule has 2 atom stereocenters. The molecule has 1 heterocycles. The molecule has 1 aliphatic heterocycles. The summed E-state index contributed by atoms with van der Waals surface area (Å²) in [5.41, 5.74) is -0.373. The topological polar surface area (TPSA) is 58.9 Å². The molecule has 39 heavy (non-hydrogen) atoms. The standard InChI is InChI=1S/C35H36O4/c36-34(27-17-7-3-8-18-27,28-19-9-4-10-20-28)31-32(39-33(38-31)25-15-1-2-16-26-33)35(37,29-21-11-5-12-22-29)30-23-13-6-14-24-30/h3-14,17-24,31-32,36-37H,1-2,15-16,25-26H2/t31-,32-/m0/s1. The number of rotatable bonds is 6. The van der Waals surface area contributed by atoms with E-state index in [0.29, 0.717) is 22.3 Å². The normalized spacial score (nSPS) is 21.5. The summed E-state index contributed by atoms with van der Waals surface area (Å²) >= 11 is 0. The molecule has 4 nitrogen and oxygen atoms in total. The number of hydrogen-bond donors (Lipinski definition) is 2. The van der Waals surface area contributed by atoms with Crippen molar-refractivity contribution in [3.63, 3.8) is 0 Å². The van der Waals surface area contributed by atoms with Crippen LogP contribution in [0.4, 0.5) is 0 Å². The van der Waals surface area contributed by atoms with Crippen LogP contribution in [0, 0.1) is 0 Å². The Morgan fingerprint density at radius 2 is 0.744 bits per heavy atom. The number of ether oxygens (including phenoxy) is 2. The molecule has 2 fully saturated rings. The fourth-order valence-corrected chi connectivity index (χ4v) is 6.49. The summed E-state index contributed by atoms with van der Waals surface area (Å²) in [5.74, 6) is -0.888. The summed E-state index contributed by atoms with van der Waals surface area (Å²) in [6.07, 6.45) is 3.84.